The molecule has 0 aromatic heterocycles. The largest absolute Gasteiger partial charge is 0.370 e. The molecule has 0 aromatic rings. The molecule has 0 heterocycles. The predicted octanol–water partition coefficient (Wildman–Crippen LogP) is 0.431. The number of hydrogen-bond acceptors (Lipinski definition) is 3. The highest BCUT2D eigenvalue weighted by Crippen LogP contribution is 1.91. The Morgan fingerprint density at radius 2 is 1.62 bits per heavy atom. The van der Waals surface area contributed by atoms with Crippen LogP contribution in [0.15, 0.2) is 0 Å². The Hall–Kier alpha value is -1.46. The third-order valence-electron chi connectivity index (χ3n) is 1.33. The average molecular weight is 202 g/mol. The van der Waals surface area contributed by atoms with Gasteiger partial charge in [-0.25, -0.2) is 0 Å². The lowest BCUT2D eigenvalue weighted by molar-refractivity contribution is 0.429. The lowest BCUT2D eigenvalue weighted by atomic mass is 10.3. The standard InChI is InChI=1S/C7H11N5.ClH/c8-3-1-5-12(7(10)11)6-2-4-9;/h1-2,5-6H2,(H3,10,11);1H. The second kappa shape index (κ2) is 8.63. The molecule has 0 saturated heterocycles. The van der Waals surface area contributed by atoms with E-state index in [0.717, 1.165) is 0 Å². The number of halogens is 1. The molecule has 0 rings (SSSR count). The minimum absolute atomic E-state index is 0. The van der Waals surface area contributed by atoms with E-state index in [0.29, 0.717) is 25.9 Å². The molecular formula is C7H12ClN5. The molecule has 0 aromatic carbocycles. The number of hydrogen-bond donors (Lipinski definition) is 2. The fourth-order valence-corrected chi connectivity index (χ4v) is 0.723. The van der Waals surface area contributed by atoms with Crippen LogP contribution in [-0.4, -0.2) is 23.9 Å². The van der Waals surface area contributed by atoms with Crippen molar-refractivity contribution in [2.75, 3.05) is 13.1 Å². The molecule has 13 heavy (non-hydrogen) atoms. The summed E-state index contributed by atoms with van der Waals surface area (Å²) in [7, 11) is 0. The molecule has 0 aliphatic rings. The van der Waals surface area contributed by atoms with E-state index in [-0.39, 0.29) is 18.4 Å². The van der Waals surface area contributed by atoms with Gasteiger partial charge in [0.1, 0.15) is 0 Å². The van der Waals surface area contributed by atoms with Gasteiger partial charge in [0.15, 0.2) is 5.96 Å². The molecule has 0 unspecified atom stereocenters. The SMILES string of the molecule is Cl.N#CCCN(CCC#N)C(=N)N. The van der Waals surface area contributed by atoms with E-state index in [4.69, 9.17) is 21.7 Å². The van der Waals surface area contributed by atoms with Crippen molar-refractivity contribution in [2.24, 2.45) is 5.73 Å². The highest BCUT2D eigenvalue weighted by atomic mass is 35.5. The summed E-state index contributed by atoms with van der Waals surface area (Å²) in [6.07, 6.45) is 0.649. The zero-order valence-corrected chi connectivity index (χ0v) is 7.97. The molecule has 3 N–H and O–H groups in total. The normalized spacial score (nSPS) is 7.54. The number of nitrogens with two attached hydrogens (primary N) is 1. The highest BCUT2D eigenvalue weighted by molar-refractivity contribution is 5.85. The lowest BCUT2D eigenvalue weighted by Gasteiger charge is -2.19. The third-order valence-corrected chi connectivity index (χ3v) is 1.33. The van der Waals surface area contributed by atoms with Crippen molar-refractivity contribution in [3.63, 3.8) is 0 Å². The van der Waals surface area contributed by atoms with Crippen LogP contribution >= 0.6 is 12.4 Å². The fourth-order valence-electron chi connectivity index (χ4n) is 0.723. The van der Waals surface area contributed by atoms with Crippen molar-refractivity contribution >= 4 is 18.4 Å². The summed E-state index contributed by atoms with van der Waals surface area (Å²) in [5, 5.41) is 23.6. The highest BCUT2D eigenvalue weighted by Gasteiger charge is 2.04. The quantitative estimate of drug-likeness (QED) is 0.509. The molecule has 0 bridgehead atoms. The maximum atomic E-state index is 8.27. The van der Waals surface area contributed by atoms with Gasteiger partial charge in [-0.2, -0.15) is 10.5 Å². The van der Waals surface area contributed by atoms with Crippen LogP contribution in [0.3, 0.4) is 0 Å². The molecule has 6 heteroatoms. The summed E-state index contributed by atoms with van der Waals surface area (Å²) < 4.78 is 0. The molecule has 0 radical (unpaired) electrons. The summed E-state index contributed by atoms with van der Waals surface area (Å²) >= 11 is 0. The van der Waals surface area contributed by atoms with E-state index in [1.807, 2.05) is 12.1 Å². The Labute approximate surface area is 83.7 Å². The number of nitrogens with one attached hydrogen (secondary N) is 1. The number of nitrogens with zero attached hydrogens (tertiary/aromatic N) is 3. The van der Waals surface area contributed by atoms with Crippen molar-refractivity contribution in [1.29, 1.82) is 15.9 Å². The summed E-state index contributed by atoms with van der Waals surface area (Å²) in [6, 6.07) is 3.91. The zero-order chi connectivity index (χ0) is 9.40. The second-order valence-corrected chi connectivity index (χ2v) is 2.19. The molecule has 0 fully saturated rings. The molecule has 0 atom stereocenters. The van der Waals surface area contributed by atoms with Crippen LogP contribution in [0.25, 0.3) is 0 Å². The molecule has 72 valence electrons. The molecule has 0 aliphatic carbocycles. The van der Waals surface area contributed by atoms with Gasteiger partial charge < -0.3 is 10.6 Å². The van der Waals surface area contributed by atoms with Gasteiger partial charge in [-0.1, -0.05) is 0 Å². The topological polar surface area (TPSA) is 101 Å². The first-order valence-electron chi connectivity index (χ1n) is 3.55. The zero-order valence-electron chi connectivity index (χ0n) is 7.16. The second-order valence-electron chi connectivity index (χ2n) is 2.19. The van der Waals surface area contributed by atoms with Crippen LogP contribution in [-0.2, 0) is 0 Å². The van der Waals surface area contributed by atoms with Gasteiger partial charge in [0.2, 0.25) is 0 Å². The Morgan fingerprint density at radius 1 is 1.23 bits per heavy atom. The Balaban J connectivity index is 0. The first-order chi connectivity index (χ1) is 5.72. The van der Waals surface area contributed by atoms with E-state index in [9.17, 15) is 0 Å². The summed E-state index contributed by atoms with van der Waals surface area (Å²) in [5.41, 5.74) is 5.21. The average Bonchev–Trinajstić information content (AvgIpc) is 2.04. The van der Waals surface area contributed by atoms with Crippen molar-refractivity contribution in [3.8, 4) is 12.1 Å². The smallest absolute Gasteiger partial charge is 0.188 e. The van der Waals surface area contributed by atoms with Crippen LogP contribution < -0.4 is 5.73 Å². The van der Waals surface area contributed by atoms with E-state index in [1.165, 1.54) is 4.90 Å². The monoisotopic (exact) mass is 201 g/mol. The Morgan fingerprint density at radius 3 is 1.85 bits per heavy atom. The van der Waals surface area contributed by atoms with Gasteiger partial charge in [-0.3, -0.25) is 5.41 Å². The van der Waals surface area contributed by atoms with Crippen LogP contribution in [0.4, 0.5) is 0 Å². The first-order valence-corrected chi connectivity index (χ1v) is 3.55. The van der Waals surface area contributed by atoms with E-state index in [2.05, 4.69) is 0 Å². The van der Waals surface area contributed by atoms with Crippen molar-refractivity contribution in [1.82, 2.24) is 4.90 Å². The minimum Gasteiger partial charge on any atom is -0.370 e. The molecule has 0 amide bonds. The van der Waals surface area contributed by atoms with Gasteiger partial charge in [-0.05, 0) is 0 Å². The van der Waals surface area contributed by atoms with Crippen molar-refractivity contribution < 1.29 is 0 Å². The molecule has 0 aliphatic heterocycles. The van der Waals surface area contributed by atoms with Gasteiger partial charge in [0.05, 0.1) is 25.0 Å². The number of nitriles is 2. The van der Waals surface area contributed by atoms with Crippen molar-refractivity contribution in [3.05, 3.63) is 0 Å². The van der Waals surface area contributed by atoms with Crippen LogP contribution in [0.1, 0.15) is 12.8 Å². The molecule has 0 saturated carbocycles. The lowest BCUT2D eigenvalue weighted by Crippen LogP contribution is -2.37. The summed E-state index contributed by atoms with van der Waals surface area (Å²) in [6.45, 7) is 0.848. The summed E-state index contributed by atoms with van der Waals surface area (Å²) in [4.78, 5) is 1.51. The fraction of sp³-hybridized carbons (Fsp3) is 0.571. The van der Waals surface area contributed by atoms with Crippen LogP contribution in [0.2, 0.25) is 0 Å². The first kappa shape index (κ1) is 14.1. The van der Waals surface area contributed by atoms with Gasteiger partial charge in [0, 0.05) is 13.1 Å². The van der Waals surface area contributed by atoms with Crippen molar-refractivity contribution in [2.45, 2.75) is 12.8 Å². The van der Waals surface area contributed by atoms with Gasteiger partial charge >= 0.3 is 0 Å². The Bertz CT molecular complexity index is 208. The summed E-state index contributed by atoms with van der Waals surface area (Å²) in [5.74, 6) is -0.0829. The molecular weight excluding hydrogens is 190 g/mol. The van der Waals surface area contributed by atoms with Gasteiger partial charge in [-0.15, -0.1) is 12.4 Å². The number of rotatable bonds is 4. The molecule has 0 spiro atoms. The van der Waals surface area contributed by atoms with E-state index in [1.54, 1.807) is 0 Å². The maximum Gasteiger partial charge on any atom is 0.188 e. The molecule has 5 nitrogen and oxygen atoms in total. The van der Waals surface area contributed by atoms with E-state index >= 15 is 0 Å². The van der Waals surface area contributed by atoms with Gasteiger partial charge in [0.25, 0.3) is 0 Å². The van der Waals surface area contributed by atoms with Crippen LogP contribution in [0.5, 0.6) is 0 Å². The number of guanidine groups is 1. The predicted molar refractivity (Wildman–Crippen MR) is 51.2 cm³/mol. The minimum atomic E-state index is -0.0829. The third kappa shape index (κ3) is 6.92. The Kier molecular flexibility index (Phi) is 9.36. The van der Waals surface area contributed by atoms with Crippen LogP contribution in [0, 0.1) is 28.1 Å². The van der Waals surface area contributed by atoms with E-state index < -0.39 is 0 Å². The maximum absolute atomic E-state index is 8.27.